The highest BCUT2D eigenvalue weighted by atomic mass is 16.4. The van der Waals surface area contributed by atoms with E-state index in [1.807, 2.05) is 36.1 Å². The van der Waals surface area contributed by atoms with Crippen LogP contribution in [-0.4, -0.2) is 59.9 Å². The van der Waals surface area contributed by atoms with E-state index in [2.05, 4.69) is 34.6 Å². The molecule has 3 aromatic rings. The highest BCUT2D eigenvalue weighted by Crippen LogP contribution is 2.23. The van der Waals surface area contributed by atoms with Gasteiger partial charge in [0.15, 0.2) is 0 Å². The molecule has 8 nitrogen and oxygen atoms in total. The van der Waals surface area contributed by atoms with Crippen LogP contribution in [-0.2, 0) is 13.1 Å². The average molecular weight is 462 g/mol. The second kappa shape index (κ2) is 10.5. The number of aromatic nitrogens is 1. The van der Waals surface area contributed by atoms with Crippen molar-refractivity contribution in [3.63, 3.8) is 0 Å². The van der Waals surface area contributed by atoms with Crippen molar-refractivity contribution in [1.29, 1.82) is 0 Å². The summed E-state index contributed by atoms with van der Waals surface area (Å²) in [6.07, 6.45) is 0. The van der Waals surface area contributed by atoms with Gasteiger partial charge in [0.2, 0.25) is 5.89 Å². The maximum atomic E-state index is 12.5. The second-order valence-electron chi connectivity index (χ2n) is 8.59. The van der Waals surface area contributed by atoms with Crippen LogP contribution >= 0.6 is 0 Å². The van der Waals surface area contributed by atoms with Crippen molar-refractivity contribution >= 4 is 11.9 Å². The van der Waals surface area contributed by atoms with Gasteiger partial charge in [0.25, 0.3) is 5.91 Å². The lowest BCUT2D eigenvalue weighted by Crippen LogP contribution is -2.51. The molecule has 1 aliphatic rings. The Bertz CT molecular complexity index is 1130. The number of amides is 3. The summed E-state index contributed by atoms with van der Waals surface area (Å²) in [5.41, 5.74) is 4.62. The maximum absolute atomic E-state index is 12.5. The first-order chi connectivity index (χ1) is 16.4. The molecule has 0 spiro atoms. The van der Waals surface area contributed by atoms with Crippen molar-refractivity contribution in [1.82, 2.24) is 25.4 Å². The van der Waals surface area contributed by atoms with Gasteiger partial charge in [-0.3, -0.25) is 9.69 Å². The summed E-state index contributed by atoms with van der Waals surface area (Å²) in [5, 5.41) is 5.63. The van der Waals surface area contributed by atoms with E-state index in [-0.39, 0.29) is 11.9 Å². The molecular weight excluding hydrogens is 430 g/mol. The minimum absolute atomic E-state index is 0.0275. The molecule has 2 N–H and O–H groups in total. The predicted octanol–water partition coefficient (Wildman–Crippen LogP) is 3.35. The zero-order valence-electron chi connectivity index (χ0n) is 19.9. The number of carbonyl (C=O) groups is 2. The summed E-state index contributed by atoms with van der Waals surface area (Å²) >= 11 is 0. The fraction of sp³-hybridized carbons (Fsp3) is 0.346. The van der Waals surface area contributed by atoms with Crippen molar-refractivity contribution in [2.24, 2.45) is 0 Å². The summed E-state index contributed by atoms with van der Waals surface area (Å²) in [7, 11) is 1.61. The lowest BCUT2D eigenvalue weighted by Gasteiger charge is -2.34. The number of hydrogen-bond acceptors (Lipinski definition) is 5. The van der Waals surface area contributed by atoms with Crippen LogP contribution in [0.15, 0.2) is 52.9 Å². The van der Waals surface area contributed by atoms with Gasteiger partial charge in [-0.15, -0.1) is 0 Å². The molecule has 8 heteroatoms. The quantitative estimate of drug-likeness (QED) is 0.588. The molecule has 34 heavy (non-hydrogen) atoms. The molecule has 4 rings (SSSR count). The van der Waals surface area contributed by atoms with E-state index in [1.54, 1.807) is 19.2 Å². The van der Waals surface area contributed by atoms with Gasteiger partial charge in [0, 0.05) is 57.4 Å². The van der Waals surface area contributed by atoms with Crippen LogP contribution < -0.4 is 10.6 Å². The van der Waals surface area contributed by atoms with Gasteiger partial charge in [0.1, 0.15) is 5.76 Å². The van der Waals surface area contributed by atoms with Crippen LogP contribution in [0.2, 0.25) is 0 Å². The molecule has 1 saturated heterocycles. The second-order valence-corrected chi connectivity index (χ2v) is 8.59. The third-order valence-electron chi connectivity index (χ3n) is 6.11. The van der Waals surface area contributed by atoms with Gasteiger partial charge < -0.3 is 20.0 Å². The molecule has 1 fully saturated rings. The number of aryl methyl sites for hydroxylation is 2. The molecule has 0 saturated carbocycles. The van der Waals surface area contributed by atoms with E-state index in [9.17, 15) is 9.59 Å². The number of oxazole rings is 1. The Labute approximate surface area is 200 Å². The number of carbonyl (C=O) groups excluding carboxylic acids is 2. The third-order valence-corrected chi connectivity index (χ3v) is 6.11. The first-order valence-corrected chi connectivity index (χ1v) is 11.5. The lowest BCUT2D eigenvalue weighted by atomic mass is 10.1. The molecule has 2 aromatic carbocycles. The van der Waals surface area contributed by atoms with Gasteiger partial charge in [-0.05, 0) is 43.7 Å². The Balaban J connectivity index is 1.28. The van der Waals surface area contributed by atoms with E-state index in [1.165, 1.54) is 5.56 Å². The van der Waals surface area contributed by atoms with Crippen LogP contribution in [0.25, 0.3) is 11.5 Å². The van der Waals surface area contributed by atoms with Crippen molar-refractivity contribution in [2.45, 2.75) is 26.9 Å². The number of benzene rings is 2. The van der Waals surface area contributed by atoms with Crippen LogP contribution in [0.3, 0.4) is 0 Å². The zero-order chi connectivity index (χ0) is 24.1. The molecule has 0 bridgehead atoms. The van der Waals surface area contributed by atoms with E-state index >= 15 is 0 Å². The number of urea groups is 1. The Morgan fingerprint density at radius 1 is 0.971 bits per heavy atom. The molecule has 0 unspecified atom stereocenters. The molecule has 3 amide bonds. The van der Waals surface area contributed by atoms with Crippen LogP contribution in [0, 0.1) is 13.8 Å². The molecular formula is C26H31N5O3. The normalized spacial score (nSPS) is 14.1. The van der Waals surface area contributed by atoms with E-state index in [0.29, 0.717) is 37.6 Å². The van der Waals surface area contributed by atoms with Gasteiger partial charge in [0.05, 0.1) is 5.69 Å². The predicted molar refractivity (Wildman–Crippen MR) is 130 cm³/mol. The van der Waals surface area contributed by atoms with E-state index < -0.39 is 0 Å². The van der Waals surface area contributed by atoms with Gasteiger partial charge >= 0.3 is 6.03 Å². The Kier molecular flexibility index (Phi) is 7.27. The van der Waals surface area contributed by atoms with E-state index in [0.717, 1.165) is 35.7 Å². The number of nitrogens with zero attached hydrogens (tertiary/aromatic N) is 3. The summed E-state index contributed by atoms with van der Waals surface area (Å²) in [5.74, 6) is 1.20. The number of hydrogen-bond donors (Lipinski definition) is 2. The number of piperazine rings is 1. The first-order valence-electron chi connectivity index (χ1n) is 11.5. The number of rotatable bonds is 6. The SMILES string of the molecule is CNC(=O)c1ccc(-c2nc(CN3CCN(C(=O)NCc4ccc(C)cc4)CC3)c(C)o2)cc1. The average Bonchev–Trinajstić information content (AvgIpc) is 3.23. The molecule has 178 valence electrons. The summed E-state index contributed by atoms with van der Waals surface area (Å²) in [6, 6.07) is 15.4. The van der Waals surface area contributed by atoms with Crippen LogP contribution in [0.5, 0.6) is 0 Å². The smallest absolute Gasteiger partial charge is 0.317 e. The summed E-state index contributed by atoms with van der Waals surface area (Å²) in [4.78, 5) is 33.1. The Hall–Kier alpha value is -3.65. The molecule has 0 atom stereocenters. The molecule has 1 aromatic heterocycles. The monoisotopic (exact) mass is 461 g/mol. The minimum Gasteiger partial charge on any atom is -0.441 e. The molecule has 2 heterocycles. The Morgan fingerprint density at radius 2 is 1.65 bits per heavy atom. The highest BCUT2D eigenvalue weighted by molar-refractivity contribution is 5.94. The maximum Gasteiger partial charge on any atom is 0.317 e. The van der Waals surface area contributed by atoms with E-state index in [4.69, 9.17) is 9.40 Å². The Morgan fingerprint density at radius 3 is 2.29 bits per heavy atom. The fourth-order valence-corrected chi connectivity index (χ4v) is 3.92. The van der Waals surface area contributed by atoms with Gasteiger partial charge in [-0.25, -0.2) is 9.78 Å². The zero-order valence-corrected chi connectivity index (χ0v) is 19.9. The van der Waals surface area contributed by atoms with Crippen molar-refractivity contribution in [3.05, 3.63) is 76.7 Å². The third kappa shape index (κ3) is 5.63. The number of nitrogens with one attached hydrogen (secondary N) is 2. The largest absolute Gasteiger partial charge is 0.441 e. The standard InChI is InChI=1S/C26H31N5O3/c1-18-4-6-20(7-5-18)16-28-26(33)31-14-12-30(13-15-31)17-23-19(2)34-25(29-23)22-10-8-21(9-11-22)24(32)27-3/h4-11H,12-17H2,1-3H3,(H,27,32)(H,28,33). The minimum atomic E-state index is -0.126. The summed E-state index contributed by atoms with van der Waals surface area (Å²) in [6.45, 7) is 8.07. The first kappa shape index (κ1) is 23.5. The molecule has 0 radical (unpaired) electrons. The van der Waals surface area contributed by atoms with Crippen LogP contribution in [0.4, 0.5) is 4.79 Å². The summed E-state index contributed by atoms with van der Waals surface area (Å²) < 4.78 is 5.90. The van der Waals surface area contributed by atoms with Crippen molar-refractivity contribution in [2.75, 3.05) is 33.2 Å². The van der Waals surface area contributed by atoms with Crippen molar-refractivity contribution < 1.29 is 14.0 Å². The molecule has 0 aliphatic carbocycles. The van der Waals surface area contributed by atoms with Crippen LogP contribution in [0.1, 0.15) is 32.9 Å². The fourth-order valence-electron chi connectivity index (χ4n) is 3.92. The lowest BCUT2D eigenvalue weighted by molar-refractivity contribution is 0.0963. The van der Waals surface area contributed by atoms with Gasteiger partial charge in [-0.2, -0.15) is 0 Å². The van der Waals surface area contributed by atoms with Gasteiger partial charge in [-0.1, -0.05) is 29.8 Å². The van der Waals surface area contributed by atoms with Crippen molar-refractivity contribution in [3.8, 4) is 11.5 Å². The highest BCUT2D eigenvalue weighted by Gasteiger charge is 2.23. The topological polar surface area (TPSA) is 90.7 Å². The molecule has 1 aliphatic heterocycles.